The van der Waals surface area contributed by atoms with Crippen molar-refractivity contribution in [2.24, 2.45) is 0 Å². The molecule has 1 unspecified atom stereocenters. The van der Waals surface area contributed by atoms with Crippen molar-refractivity contribution in [2.75, 3.05) is 31.9 Å². The second-order valence-electron chi connectivity index (χ2n) is 6.03. The number of sulfone groups is 1. The Morgan fingerprint density at radius 3 is 2.76 bits per heavy atom. The van der Waals surface area contributed by atoms with Gasteiger partial charge in [-0.1, -0.05) is 0 Å². The number of rotatable bonds is 2. The summed E-state index contributed by atoms with van der Waals surface area (Å²) in [5.41, 5.74) is 0.0961. The molecule has 1 atom stereocenters. The molecule has 17 heavy (non-hydrogen) atoms. The first kappa shape index (κ1) is 13.3. The van der Waals surface area contributed by atoms with Crippen molar-refractivity contribution in [2.45, 2.75) is 43.9 Å². The molecular weight excluding hydrogens is 236 g/mol. The summed E-state index contributed by atoms with van der Waals surface area (Å²) < 4.78 is 23.7. The predicted molar refractivity (Wildman–Crippen MR) is 69.9 cm³/mol. The second kappa shape index (κ2) is 4.86. The molecule has 0 aliphatic carbocycles. The quantitative estimate of drug-likeness (QED) is 0.791. The molecule has 0 amide bonds. The van der Waals surface area contributed by atoms with Crippen LogP contribution in [0.1, 0.15) is 33.1 Å². The first-order valence-electron chi connectivity index (χ1n) is 6.58. The van der Waals surface area contributed by atoms with E-state index in [4.69, 9.17) is 0 Å². The van der Waals surface area contributed by atoms with Crippen LogP contribution in [0.25, 0.3) is 0 Å². The van der Waals surface area contributed by atoms with Crippen molar-refractivity contribution in [1.82, 2.24) is 10.2 Å². The molecule has 2 aliphatic rings. The Labute approximate surface area is 105 Å². The molecule has 2 saturated heterocycles. The molecule has 0 aromatic rings. The van der Waals surface area contributed by atoms with E-state index < -0.39 is 9.84 Å². The van der Waals surface area contributed by atoms with E-state index in [0.717, 1.165) is 45.4 Å². The molecular formula is C12H24N2O2S. The first-order valence-corrected chi connectivity index (χ1v) is 8.30. The molecule has 0 aromatic heterocycles. The van der Waals surface area contributed by atoms with Gasteiger partial charge in [0.1, 0.15) is 0 Å². The fraction of sp³-hybridized carbons (Fsp3) is 1.00. The standard InChI is InChI=1S/C12H24N2O2S/c1-12(2)10-14(7-4-6-13-12)9-11-5-3-8-17(11,15)16/h11,13H,3-10H2,1-2H3. The molecule has 4 nitrogen and oxygen atoms in total. The van der Waals surface area contributed by atoms with Gasteiger partial charge in [-0.3, -0.25) is 0 Å². The van der Waals surface area contributed by atoms with Gasteiger partial charge < -0.3 is 10.2 Å². The van der Waals surface area contributed by atoms with Gasteiger partial charge in [-0.2, -0.15) is 0 Å². The van der Waals surface area contributed by atoms with Crippen LogP contribution in [0, 0.1) is 0 Å². The summed E-state index contributed by atoms with van der Waals surface area (Å²) in [6.07, 6.45) is 2.81. The Morgan fingerprint density at radius 2 is 2.12 bits per heavy atom. The van der Waals surface area contributed by atoms with E-state index >= 15 is 0 Å². The third kappa shape index (κ3) is 3.42. The molecule has 2 fully saturated rings. The molecule has 2 aliphatic heterocycles. The Morgan fingerprint density at radius 1 is 1.35 bits per heavy atom. The average Bonchev–Trinajstić information content (AvgIpc) is 2.43. The topological polar surface area (TPSA) is 49.4 Å². The zero-order chi connectivity index (χ0) is 12.5. The van der Waals surface area contributed by atoms with Crippen LogP contribution in [0.3, 0.4) is 0 Å². The Hall–Kier alpha value is -0.130. The fourth-order valence-corrected chi connectivity index (χ4v) is 4.80. The molecule has 0 bridgehead atoms. The van der Waals surface area contributed by atoms with Gasteiger partial charge in [-0.05, 0) is 46.2 Å². The SMILES string of the molecule is CC1(C)CN(CC2CCCS2(=O)=O)CCCN1. The van der Waals surface area contributed by atoms with E-state index in [1.54, 1.807) is 0 Å². The van der Waals surface area contributed by atoms with Crippen molar-refractivity contribution in [3.63, 3.8) is 0 Å². The van der Waals surface area contributed by atoms with Crippen LogP contribution >= 0.6 is 0 Å². The van der Waals surface area contributed by atoms with Crippen molar-refractivity contribution in [1.29, 1.82) is 0 Å². The minimum Gasteiger partial charge on any atom is -0.310 e. The lowest BCUT2D eigenvalue weighted by Crippen LogP contribution is -2.48. The van der Waals surface area contributed by atoms with Gasteiger partial charge in [0.2, 0.25) is 0 Å². The van der Waals surface area contributed by atoms with E-state index in [9.17, 15) is 8.42 Å². The van der Waals surface area contributed by atoms with E-state index in [0.29, 0.717) is 5.75 Å². The van der Waals surface area contributed by atoms with Crippen LogP contribution < -0.4 is 5.32 Å². The van der Waals surface area contributed by atoms with Gasteiger partial charge in [-0.25, -0.2) is 8.42 Å². The van der Waals surface area contributed by atoms with E-state index in [2.05, 4.69) is 24.1 Å². The van der Waals surface area contributed by atoms with Gasteiger partial charge in [-0.15, -0.1) is 0 Å². The monoisotopic (exact) mass is 260 g/mol. The highest BCUT2D eigenvalue weighted by atomic mass is 32.2. The number of nitrogens with zero attached hydrogens (tertiary/aromatic N) is 1. The zero-order valence-corrected chi connectivity index (χ0v) is 11.7. The van der Waals surface area contributed by atoms with Crippen LogP contribution in [0.4, 0.5) is 0 Å². The third-order valence-corrected chi connectivity index (χ3v) is 6.06. The first-order chi connectivity index (χ1) is 7.89. The van der Waals surface area contributed by atoms with Gasteiger partial charge in [0.15, 0.2) is 9.84 Å². The summed E-state index contributed by atoms with van der Waals surface area (Å²) in [4.78, 5) is 2.33. The summed E-state index contributed by atoms with van der Waals surface area (Å²) >= 11 is 0. The Kier molecular flexibility index (Phi) is 3.80. The molecule has 100 valence electrons. The maximum absolute atomic E-state index is 11.8. The molecule has 5 heteroatoms. The normalized spacial score (nSPS) is 33.4. The average molecular weight is 260 g/mol. The second-order valence-corrected chi connectivity index (χ2v) is 8.43. The number of nitrogens with one attached hydrogen (secondary N) is 1. The van der Waals surface area contributed by atoms with Crippen LogP contribution in [0.5, 0.6) is 0 Å². The van der Waals surface area contributed by atoms with E-state index in [1.165, 1.54) is 0 Å². The zero-order valence-electron chi connectivity index (χ0n) is 10.9. The molecule has 2 rings (SSSR count). The molecule has 1 N–H and O–H groups in total. The highest BCUT2D eigenvalue weighted by molar-refractivity contribution is 7.92. The smallest absolute Gasteiger partial charge is 0.154 e. The Bertz CT molecular complexity index is 365. The molecule has 0 saturated carbocycles. The summed E-state index contributed by atoms with van der Waals surface area (Å²) in [6.45, 7) is 8.10. The molecule has 0 spiro atoms. The third-order valence-electron chi connectivity index (χ3n) is 3.80. The summed E-state index contributed by atoms with van der Waals surface area (Å²) in [7, 11) is -2.80. The lowest BCUT2D eigenvalue weighted by atomic mass is 10.1. The van der Waals surface area contributed by atoms with E-state index in [1.807, 2.05) is 0 Å². The number of hydrogen-bond donors (Lipinski definition) is 1. The summed E-state index contributed by atoms with van der Waals surface area (Å²) in [5.74, 6) is 0.396. The van der Waals surface area contributed by atoms with Crippen molar-refractivity contribution < 1.29 is 8.42 Å². The molecule has 0 aromatic carbocycles. The van der Waals surface area contributed by atoms with Crippen LogP contribution in [-0.4, -0.2) is 56.0 Å². The maximum Gasteiger partial charge on any atom is 0.154 e. The number of hydrogen-bond acceptors (Lipinski definition) is 4. The molecule has 0 radical (unpaired) electrons. The van der Waals surface area contributed by atoms with Crippen LogP contribution in [0.15, 0.2) is 0 Å². The van der Waals surface area contributed by atoms with Crippen molar-refractivity contribution in [3.05, 3.63) is 0 Å². The predicted octanol–water partition coefficient (Wildman–Crippen LogP) is 0.638. The summed E-state index contributed by atoms with van der Waals surface area (Å²) in [5, 5.41) is 3.39. The van der Waals surface area contributed by atoms with Gasteiger partial charge in [0.05, 0.1) is 11.0 Å². The van der Waals surface area contributed by atoms with Crippen LogP contribution in [-0.2, 0) is 9.84 Å². The minimum absolute atomic E-state index is 0.0961. The largest absolute Gasteiger partial charge is 0.310 e. The van der Waals surface area contributed by atoms with E-state index in [-0.39, 0.29) is 10.8 Å². The lowest BCUT2D eigenvalue weighted by molar-refractivity contribution is 0.229. The Balaban J connectivity index is 1.98. The molecule has 2 heterocycles. The van der Waals surface area contributed by atoms with Crippen molar-refractivity contribution >= 4 is 9.84 Å². The van der Waals surface area contributed by atoms with Crippen molar-refractivity contribution in [3.8, 4) is 0 Å². The van der Waals surface area contributed by atoms with Gasteiger partial charge in [0.25, 0.3) is 0 Å². The van der Waals surface area contributed by atoms with Gasteiger partial charge >= 0.3 is 0 Å². The fourth-order valence-electron chi connectivity index (χ4n) is 2.93. The highest BCUT2D eigenvalue weighted by Crippen LogP contribution is 2.22. The summed E-state index contributed by atoms with van der Waals surface area (Å²) in [6, 6.07) is 0. The van der Waals surface area contributed by atoms with Gasteiger partial charge in [0, 0.05) is 18.6 Å². The minimum atomic E-state index is -2.80. The van der Waals surface area contributed by atoms with Crippen LogP contribution in [0.2, 0.25) is 0 Å². The highest BCUT2D eigenvalue weighted by Gasteiger charge is 2.34. The maximum atomic E-state index is 11.8. The lowest BCUT2D eigenvalue weighted by Gasteiger charge is -2.31.